The van der Waals surface area contributed by atoms with Gasteiger partial charge in [-0.2, -0.15) is 0 Å². The molecule has 0 radical (unpaired) electrons. The van der Waals surface area contributed by atoms with Crippen molar-refractivity contribution in [3.63, 3.8) is 0 Å². The summed E-state index contributed by atoms with van der Waals surface area (Å²) in [4.78, 5) is 30.2. The summed E-state index contributed by atoms with van der Waals surface area (Å²) in [6.07, 6.45) is 0.443. The van der Waals surface area contributed by atoms with Gasteiger partial charge in [0.15, 0.2) is 0 Å². The number of likely N-dealkylation sites (tertiary alicyclic amines) is 1. The lowest BCUT2D eigenvalue weighted by molar-refractivity contribution is -0.141. The number of imidazole rings is 1. The molecule has 0 N–H and O–H groups in total. The van der Waals surface area contributed by atoms with Crippen LogP contribution in [-0.2, 0) is 20.9 Å². The number of amides is 1. The van der Waals surface area contributed by atoms with Crippen LogP contribution in [0.1, 0.15) is 25.1 Å². The van der Waals surface area contributed by atoms with E-state index in [-0.39, 0.29) is 24.3 Å². The fourth-order valence-electron chi connectivity index (χ4n) is 3.02. The quantitative estimate of drug-likeness (QED) is 0.804. The second-order valence-corrected chi connectivity index (χ2v) is 5.45. The lowest BCUT2D eigenvalue weighted by Gasteiger charge is -2.14. The van der Waals surface area contributed by atoms with Crippen molar-refractivity contribution in [3.8, 4) is 0 Å². The first-order chi connectivity index (χ1) is 10.6. The monoisotopic (exact) mass is 301 g/mol. The zero-order chi connectivity index (χ0) is 15.7. The fraction of sp³-hybridized carbons (Fsp3) is 0.438. The third-order valence-corrected chi connectivity index (χ3v) is 4.16. The molecule has 0 bridgehead atoms. The largest absolute Gasteiger partial charge is 0.468 e. The van der Waals surface area contributed by atoms with Crippen molar-refractivity contribution in [2.24, 2.45) is 0 Å². The maximum atomic E-state index is 12.0. The molecule has 1 aromatic carbocycles. The van der Waals surface area contributed by atoms with Crippen LogP contribution < -0.4 is 0 Å². The first kappa shape index (κ1) is 14.6. The number of hydrogen-bond donors (Lipinski definition) is 0. The number of benzene rings is 1. The average molecular weight is 301 g/mol. The number of esters is 1. The highest BCUT2D eigenvalue weighted by atomic mass is 16.5. The number of para-hydroxylation sites is 2. The van der Waals surface area contributed by atoms with E-state index in [0.29, 0.717) is 19.5 Å². The fourth-order valence-corrected chi connectivity index (χ4v) is 3.02. The van der Waals surface area contributed by atoms with E-state index in [9.17, 15) is 9.59 Å². The molecule has 2 heterocycles. The average Bonchev–Trinajstić information content (AvgIpc) is 3.08. The molecule has 0 saturated carbocycles. The van der Waals surface area contributed by atoms with Crippen molar-refractivity contribution < 1.29 is 14.3 Å². The molecule has 0 aliphatic carbocycles. The van der Waals surface area contributed by atoms with Crippen molar-refractivity contribution in [2.75, 3.05) is 20.2 Å². The number of fused-ring (bicyclic) bond motifs is 1. The maximum Gasteiger partial charge on any atom is 0.325 e. The van der Waals surface area contributed by atoms with Crippen molar-refractivity contribution in [2.45, 2.75) is 25.8 Å². The van der Waals surface area contributed by atoms with E-state index in [0.717, 1.165) is 16.9 Å². The number of aromatic nitrogens is 2. The Morgan fingerprint density at radius 1 is 1.41 bits per heavy atom. The lowest BCUT2D eigenvalue weighted by atomic mass is 10.1. The molecule has 116 valence electrons. The predicted molar refractivity (Wildman–Crippen MR) is 81.4 cm³/mol. The Hall–Kier alpha value is -2.37. The Kier molecular flexibility index (Phi) is 3.83. The standard InChI is InChI=1S/C16H19N3O3/c1-3-18-9-11(8-14(18)20)16-17-12-6-4-5-7-13(12)19(16)10-15(21)22-2/h4-7,11H,3,8-10H2,1-2H3. The van der Waals surface area contributed by atoms with E-state index in [1.807, 2.05) is 40.7 Å². The van der Waals surface area contributed by atoms with Gasteiger partial charge in [-0.25, -0.2) is 4.98 Å². The molecule has 1 fully saturated rings. The topological polar surface area (TPSA) is 64.4 Å². The smallest absolute Gasteiger partial charge is 0.325 e. The molecule has 1 aliphatic rings. The minimum atomic E-state index is -0.318. The molecule has 1 amide bonds. The SMILES string of the molecule is CCN1CC(c2nc3ccccc3n2CC(=O)OC)CC1=O. The van der Waals surface area contributed by atoms with Gasteiger partial charge in [-0.15, -0.1) is 0 Å². The Morgan fingerprint density at radius 2 is 2.18 bits per heavy atom. The number of carbonyl (C=O) groups is 2. The van der Waals surface area contributed by atoms with Gasteiger partial charge in [0.05, 0.1) is 18.1 Å². The molecule has 1 unspecified atom stereocenters. The molecule has 22 heavy (non-hydrogen) atoms. The summed E-state index contributed by atoms with van der Waals surface area (Å²) >= 11 is 0. The van der Waals surface area contributed by atoms with Crippen LogP contribution in [0.15, 0.2) is 24.3 Å². The van der Waals surface area contributed by atoms with E-state index < -0.39 is 0 Å². The first-order valence-corrected chi connectivity index (χ1v) is 7.43. The van der Waals surface area contributed by atoms with Gasteiger partial charge in [-0.05, 0) is 19.1 Å². The first-order valence-electron chi connectivity index (χ1n) is 7.43. The van der Waals surface area contributed by atoms with Crippen molar-refractivity contribution in [1.29, 1.82) is 0 Å². The Morgan fingerprint density at radius 3 is 2.86 bits per heavy atom. The number of rotatable bonds is 4. The lowest BCUT2D eigenvalue weighted by Crippen LogP contribution is -2.24. The second-order valence-electron chi connectivity index (χ2n) is 5.45. The summed E-state index contributed by atoms with van der Waals surface area (Å²) in [7, 11) is 1.37. The molecule has 6 nitrogen and oxygen atoms in total. The van der Waals surface area contributed by atoms with Crippen LogP contribution in [-0.4, -0.2) is 46.5 Å². The van der Waals surface area contributed by atoms with Crippen LogP contribution in [0, 0.1) is 0 Å². The number of hydrogen-bond acceptors (Lipinski definition) is 4. The van der Waals surface area contributed by atoms with Crippen molar-refractivity contribution in [3.05, 3.63) is 30.1 Å². The van der Waals surface area contributed by atoms with Crippen LogP contribution in [0.3, 0.4) is 0 Å². The molecular formula is C16H19N3O3. The van der Waals surface area contributed by atoms with Gasteiger partial charge in [-0.3, -0.25) is 9.59 Å². The van der Waals surface area contributed by atoms with E-state index in [1.165, 1.54) is 7.11 Å². The van der Waals surface area contributed by atoms with E-state index >= 15 is 0 Å². The highest BCUT2D eigenvalue weighted by Gasteiger charge is 2.33. The van der Waals surface area contributed by atoms with Gasteiger partial charge < -0.3 is 14.2 Å². The van der Waals surface area contributed by atoms with Gasteiger partial charge in [0.25, 0.3) is 0 Å². The maximum absolute atomic E-state index is 12.0. The molecule has 1 aliphatic heterocycles. The van der Waals surface area contributed by atoms with Crippen LogP contribution in [0.4, 0.5) is 0 Å². The number of methoxy groups -OCH3 is 1. The summed E-state index contributed by atoms with van der Waals surface area (Å²) < 4.78 is 6.66. The number of carbonyl (C=O) groups excluding carboxylic acids is 2. The van der Waals surface area contributed by atoms with Crippen LogP contribution in [0.5, 0.6) is 0 Å². The summed E-state index contributed by atoms with van der Waals surface area (Å²) in [6.45, 7) is 3.44. The zero-order valence-corrected chi connectivity index (χ0v) is 12.8. The number of nitrogens with zero attached hydrogens (tertiary/aromatic N) is 3. The third-order valence-electron chi connectivity index (χ3n) is 4.16. The third kappa shape index (κ3) is 2.45. The van der Waals surface area contributed by atoms with E-state index in [2.05, 4.69) is 4.98 Å². The summed E-state index contributed by atoms with van der Waals surface area (Å²) in [5.74, 6) is 0.630. The van der Waals surface area contributed by atoms with Crippen LogP contribution in [0.2, 0.25) is 0 Å². The summed E-state index contributed by atoms with van der Waals surface area (Å²) in [5, 5.41) is 0. The second kappa shape index (κ2) is 5.79. The normalized spacial score (nSPS) is 18.2. The zero-order valence-electron chi connectivity index (χ0n) is 12.8. The van der Waals surface area contributed by atoms with Crippen molar-refractivity contribution in [1.82, 2.24) is 14.5 Å². The molecule has 1 atom stereocenters. The van der Waals surface area contributed by atoms with Gasteiger partial charge in [0.1, 0.15) is 12.4 Å². The van der Waals surface area contributed by atoms with E-state index in [1.54, 1.807) is 0 Å². The van der Waals surface area contributed by atoms with Gasteiger partial charge in [0.2, 0.25) is 5.91 Å². The Labute approximate surface area is 128 Å². The molecule has 0 spiro atoms. The van der Waals surface area contributed by atoms with Crippen LogP contribution >= 0.6 is 0 Å². The number of likely N-dealkylation sites (N-methyl/N-ethyl adjacent to an activating group) is 1. The van der Waals surface area contributed by atoms with Gasteiger partial charge in [0, 0.05) is 25.4 Å². The minimum absolute atomic E-state index is 0.0181. The van der Waals surface area contributed by atoms with Gasteiger partial charge in [-0.1, -0.05) is 12.1 Å². The summed E-state index contributed by atoms with van der Waals surface area (Å²) in [5.41, 5.74) is 1.73. The highest BCUT2D eigenvalue weighted by Crippen LogP contribution is 2.30. The highest BCUT2D eigenvalue weighted by molar-refractivity contribution is 5.81. The Balaban J connectivity index is 2.03. The number of ether oxygens (including phenoxy) is 1. The predicted octanol–water partition coefficient (Wildman–Crippen LogP) is 1.55. The summed E-state index contributed by atoms with van der Waals surface area (Å²) in [6, 6.07) is 7.68. The molecular weight excluding hydrogens is 282 g/mol. The minimum Gasteiger partial charge on any atom is -0.468 e. The Bertz CT molecular complexity index is 722. The van der Waals surface area contributed by atoms with Crippen molar-refractivity contribution >= 4 is 22.9 Å². The van der Waals surface area contributed by atoms with Crippen LogP contribution in [0.25, 0.3) is 11.0 Å². The molecule has 2 aromatic rings. The van der Waals surface area contributed by atoms with Gasteiger partial charge >= 0.3 is 5.97 Å². The molecule has 1 saturated heterocycles. The molecule has 1 aromatic heterocycles. The molecule has 6 heteroatoms. The van der Waals surface area contributed by atoms with E-state index in [4.69, 9.17) is 4.74 Å². The molecule has 3 rings (SSSR count).